The molecule has 0 aromatic heterocycles. The summed E-state index contributed by atoms with van der Waals surface area (Å²) in [6.07, 6.45) is 7.79. The minimum Gasteiger partial charge on any atom is -0.497 e. The zero-order valence-electron chi connectivity index (χ0n) is 11.4. The normalized spacial score (nSPS) is 10.8. The quantitative estimate of drug-likeness (QED) is 0.675. The molecule has 0 amide bonds. The number of unbranched alkanes of at least 4 members (excludes halogenated alkanes) is 1. The summed E-state index contributed by atoms with van der Waals surface area (Å²) < 4.78 is 5.23. The van der Waals surface area contributed by atoms with Gasteiger partial charge in [0.05, 0.1) is 7.11 Å². The summed E-state index contributed by atoms with van der Waals surface area (Å²) in [5, 5.41) is 0. The van der Waals surface area contributed by atoms with Crippen LogP contribution in [0.15, 0.2) is 60.7 Å². The molecule has 0 N–H and O–H groups in total. The number of methoxy groups -OCH3 is 1. The fraction of sp³-hybridized carbons (Fsp3) is 0.222. The number of benzene rings is 2. The van der Waals surface area contributed by atoms with Crippen molar-refractivity contribution in [1.29, 1.82) is 0 Å². The van der Waals surface area contributed by atoms with Crippen LogP contribution in [-0.2, 0) is 6.42 Å². The van der Waals surface area contributed by atoms with E-state index < -0.39 is 0 Å². The van der Waals surface area contributed by atoms with Gasteiger partial charge in [-0.15, -0.1) is 0 Å². The van der Waals surface area contributed by atoms with Gasteiger partial charge in [0.25, 0.3) is 0 Å². The van der Waals surface area contributed by atoms with Crippen molar-refractivity contribution in [1.82, 2.24) is 0 Å². The topological polar surface area (TPSA) is 9.23 Å². The van der Waals surface area contributed by atoms with E-state index in [4.69, 9.17) is 4.74 Å². The molecule has 0 bridgehead atoms. The highest BCUT2D eigenvalue weighted by atomic mass is 16.5. The minimum atomic E-state index is 0.942. The lowest BCUT2D eigenvalue weighted by atomic mass is 10.1. The summed E-state index contributed by atoms with van der Waals surface area (Å²) >= 11 is 0. The van der Waals surface area contributed by atoms with E-state index in [1.54, 1.807) is 7.11 Å². The molecule has 1 nitrogen and oxygen atoms in total. The van der Waals surface area contributed by atoms with Crippen molar-refractivity contribution in [2.45, 2.75) is 19.3 Å². The Labute approximate surface area is 115 Å². The van der Waals surface area contributed by atoms with Gasteiger partial charge < -0.3 is 4.74 Å². The van der Waals surface area contributed by atoms with E-state index in [0.29, 0.717) is 0 Å². The van der Waals surface area contributed by atoms with Crippen LogP contribution in [-0.4, -0.2) is 7.11 Å². The van der Waals surface area contributed by atoms with Gasteiger partial charge in [-0.2, -0.15) is 0 Å². The molecule has 2 aromatic rings. The van der Waals surface area contributed by atoms with Gasteiger partial charge in [0.2, 0.25) is 0 Å². The van der Waals surface area contributed by atoms with Gasteiger partial charge in [0, 0.05) is 0 Å². The van der Waals surface area contributed by atoms with Crippen LogP contribution in [0.5, 0.6) is 5.75 Å². The van der Waals surface area contributed by atoms with E-state index in [-0.39, 0.29) is 0 Å². The van der Waals surface area contributed by atoms with Gasteiger partial charge in [-0.1, -0.05) is 54.6 Å². The second-order valence-corrected chi connectivity index (χ2v) is 4.56. The first kappa shape index (κ1) is 13.4. The molecular weight excluding hydrogens is 232 g/mol. The molecular formula is C18H20O. The summed E-state index contributed by atoms with van der Waals surface area (Å²) in [6, 6.07) is 18.7. The van der Waals surface area contributed by atoms with Crippen LogP contribution in [0.3, 0.4) is 0 Å². The van der Waals surface area contributed by atoms with Gasteiger partial charge in [-0.3, -0.25) is 0 Å². The van der Waals surface area contributed by atoms with Crippen molar-refractivity contribution in [3.8, 4) is 5.75 Å². The van der Waals surface area contributed by atoms with Crippen molar-refractivity contribution in [3.63, 3.8) is 0 Å². The Kier molecular flexibility index (Phi) is 5.24. The van der Waals surface area contributed by atoms with E-state index in [9.17, 15) is 0 Å². The highest BCUT2D eigenvalue weighted by Gasteiger charge is 1.95. The highest BCUT2D eigenvalue weighted by Crippen LogP contribution is 2.14. The lowest BCUT2D eigenvalue weighted by Crippen LogP contribution is -1.87. The van der Waals surface area contributed by atoms with Crippen molar-refractivity contribution >= 4 is 6.08 Å². The third-order valence-corrected chi connectivity index (χ3v) is 3.08. The summed E-state index contributed by atoms with van der Waals surface area (Å²) in [7, 11) is 1.71. The lowest BCUT2D eigenvalue weighted by molar-refractivity contribution is 0.414. The monoisotopic (exact) mass is 252 g/mol. The number of rotatable bonds is 6. The summed E-state index contributed by atoms with van der Waals surface area (Å²) in [4.78, 5) is 0. The van der Waals surface area contributed by atoms with E-state index in [1.165, 1.54) is 11.1 Å². The minimum absolute atomic E-state index is 0.942. The zero-order valence-corrected chi connectivity index (χ0v) is 11.4. The Bertz CT molecular complexity index is 514. The lowest BCUT2D eigenvalue weighted by Gasteiger charge is -2.03. The fourth-order valence-electron chi connectivity index (χ4n) is 2.04. The van der Waals surface area contributed by atoms with Crippen molar-refractivity contribution in [2.75, 3.05) is 7.11 Å². The van der Waals surface area contributed by atoms with Gasteiger partial charge in [-0.25, -0.2) is 0 Å². The first-order valence-electron chi connectivity index (χ1n) is 6.73. The number of hydrogen-bond acceptors (Lipinski definition) is 1. The smallest absolute Gasteiger partial charge is 0.119 e. The van der Waals surface area contributed by atoms with Crippen molar-refractivity contribution < 1.29 is 4.74 Å². The van der Waals surface area contributed by atoms with Crippen LogP contribution in [0.4, 0.5) is 0 Å². The molecule has 0 spiro atoms. The second-order valence-electron chi connectivity index (χ2n) is 4.56. The third-order valence-electron chi connectivity index (χ3n) is 3.08. The average Bonchev–Trinajstić information content (AvgIpc) is 2.48. The molecule has 2 aromatic carbocycles. The van der Waals surface area contributed by atoms with Crippen LogP contribution < -0.4 is 4.74 Å². The zero-order chi connectivity index (χ0) is 13.3. The molecule has 2 rings (SSSR count). The van der Waals surface area contributed by atoms with E-state index >= 15 is 0 Å². The van der Waals surface area contributed by atoms with Gasteiger partial charge >= 0.3 is 0 Å². The fourth-order valence-corrected chi connectivity index (χ4v) is 2.04. The molecule has 0 saturated heterocycles. The molecule has 0 heterocycles. The number of hydrogen-bond donors (Lipinski definition) is 0. The summed E-state index contributed by atoms with van der Waals surface area (Å²) in [5.41, 5.74) is 2.61. The first-order valence-corrected chi connectivity index (χ1v) is 6.73. The SMILES string of the molecule is COc1cccc(CCC/C=C/c2ccccc2)c1. The molecule has 0 aliphatic carbocycles. The van der Waals surface area contributed by atoms with E-state index in [0.717, 1.165) is 25.0 Å². The van der Waals surface area contributed by atoms with Crippen LogP contribution in [0.1, 0.15) is 24.0 Å². The predicted octanol–water partition coefficient (Wildman–Crippen LogP) is 4.73. The summed E-state index contributed by atoms with van der Waals surface area (Å²) in [6.45, 7) is 0. The van der Waals surface area contributed by atoms with Crippen LogP contribution in [0.2, 0.25) is 0 Å². The number of ether oxygens (including phenoxy) is 1. The average molecular weight is 252 g/mol. The molecule has 0 radical (unpaired) electrons. The van der Waals surface area contributed by atoms with Gasteiger partial charge in [0.1, 0.15) is 5.75 Å². The Hall–Kier alpha value is -2.02. The number of allylic oxidation sites excluding steroid dienone is 1. The highest BCUT2D eigenvalue weighted by molar-refractivity contribution is 5.48. The molecule has 19 heavy (non-hydrogen) atoms. The number of aryl methyl sites for hydroxylation is 1. The molecule has 0 atom stereocenters. The maximum absolute atomic E-state index is 5.23. The summed E-state index contributed by atoms with van der Waals surface area (Å²) in [5.74, 6) is 0.942. The van der Waals surface area contributed by atoms with Crippen molar-refractivity contribution in [2.24, 2.45) is 0 Å². The molecule has 0 fully saturated rings. The standard InChI is InChI=1S/C18H20O/c1-19-18-14-8-13-17(15-18)12-7-3-6-11-16-9-4-2-5-10-16/h2,4-6,8-11,13-15H,3,7,12H2,1H3/b11-6+. The molecule has 0 unspecified atom stereocenters. The first-order chi connectivity index (χ1) is 9.38. The Morgan fingerprint density at radius 1 is 1.00 bits per heavy atom. The largest absolute Gasteiger partial charge is 0.497 e. The van der Waals surface area contributed by atoms with E-state index in [1.807, 2.05) is 18.2 Å². The van der Waals surface area contributed by atoms with Crippen LogP contribution in [0.25, 0.3) is 6.08 Å². The van der Waals surface area contributed by atoms with Crippen LogP contribution >= 0.6 is 0 Å². The third kappa shape index (κ3) is 4.63. The molecule has 1 heteroatoms. The van der Waals surface area contributed by atoms with Crippen LogP contribution in [0, 0.1) is 0 Å². The Balaban J connectivity index is 1.76. The van der Waals surface area contributed by atoms with Crippen molar-refractivity contribution in [3.05, 3.63) is 71.8 Å². The Morgan fingerprint density at radius 2 is 1.84 bits per heavy atom. The van der Waals surface area contributed by atoms with Gasteiger partial charge in [0.15, 0.2) is 0 Å². The molecule has 0 aliphatic rings. The molecule has 0 saturated carbocycles. The van der Waals surface area contributed by atoms with E-state index in [2.05, 4.69) is 48.6 Å². The maximum atomic E-state index is 5.23. The second kappa shape index (κ2) is 7.42. The van der Waals surface area contributed by atoms with Gasteiger partial charge in [-0.05, 0) is 42.5 Å². The molecule has 98 valence electrons. The predicted molar refractivity (Wildman–Crippen MR) is 81.4 cm³/mol. The molecule has 0 aliphatic heterocycles. The maximum Gasteiger partial charge on any atom is 0.119 e. The Morgan fingerprint density at radius 3 is 2.63 bits per heavy atom.